The van der Waals surface area contributed by atoms with Gasteiger partial charge in [-0.05, 0) is 19.1 Å². The molecule has 1 heterocycles. The summed E-state index contributed by atoms with van der Waals surface area (Å²) in [6.07, 6.45) is 1.44. The number of nitrogens with zero attached hydrogens (tertiary/aromatic N) is 2. The third kappa shape index (κ3) is 2.76. The van der Waals surface area contributed by atoms with Crippen LogP contribution >= 0.6 is 11.8 Å². The summed E-state index contributed by atoms with van der Waals surface area (Å²) >= 11 is 0.907. The molecule has 0 atom stereocenters. The summed E-state index contributed by atoms with van der Waals surface area (Å²) in [6, 6.07) is 3.55. The average molecular weight is 284 g/mol. The predicted octanol–water partition coefficient (Wildman–Crippen LogP) is 2.64. The van der Waals surface area contributed by atoms with Crippen molar-refractivity contribution in [3.05, 3.63) is 41.7 Å². The highest BCUT2D eigenvalue weighted by Gasteiger charge is 2.17. The van der Waals surface area contributed by atoms with Crippen LogP contribution in [0.3, 0.4) is 0 Å². The van der Waals surface area contributed by atoms with E-state index in [0.29, 0.717) is 5.69 Å². The molecule has 0 saturated heterocycles. The first kappa shape index (κ1) is 13.5. The largest absolute Gasteiger partial charge is 0.481 e. The summed E-state index contributed by atoms with van der Waals surface area (Å²) in [6.45, 7) is 1.64. The molecule has 1 N–H and O–H groups in total. The molecule has 1 aromatic heterocycles. The molecule has 0 amide bonds. The van der Waals surface area contributed by atoms with Crippen LogP contribution in [0, 0.1) is 18.6 Å². The maximum Gasteiger partial charge on any atom is 0.313 e. The molecule has 2 rings (SSSR count). The molecule has 19 heavy (non-hydrogen) atoms. The zero-order valence-corrected chi connectivity index (χ0v) is 10.7. The second-order valence-corrected chi connectivity index (χ2v) is 4.71. The quantitative estimate of drug-likeness (QED) is 0.877. The minimum atomic E-state index is -1.02. The van der Waals surface area contributed by atoms with E-state index in [4.69, 9.17) is 5.11 Å². The second kappa shape index (κ2) is 5.40. The van der Waals surface area contributed by atoms with Crippen LogP contribution in [0.25, 0.3) is 5.69 Å². The Morgan fingerprint density at radius 3 is 2.63 bits per heavy atom. The van der Waals surface area contributed by atoms with E-state index in [1.54, 1.807) is 6.92 Å². The Balaban J connectivity index is 2.49. The molecule has 0 bridgehead atoms. The molecule has 0 aliphatic carbocycles. The Morgan fingerprint density at radius 1 is 1.42 bits per heavy atom. The predicted molar refractivity (Wildman–Crippen MR) is 66.6 cm³/mol. The van der Waals surface area contributed by atoms with Gasteiger partial charge in [0, 0.05) is 11.9 Å². The highest BCUT2D eigenvalue weighted by atomic mass is 32.2. The van der Waals surface area contributed by atoms with Crippen LogP contribution < -0.4 is 0 Å². The summed E-state index contributed by atoms with van der Waals surface area (Å²) in [5.74, 6) is -2.70. The van der Waals surface area contributed by atoms with Crippen LogP contribution in [0.15, 0.2) is 29.6 Å². The number of hydrogen-bond acceptors (Lipinski definition) is 3. The molecule has 0 radical (unpaired) electrons. The fraction of sp³-hybridized carbons (Fsp3) is 0.167. The average Bonchev–Trinajstić information content (AvgIpc) is 2.69. The van der Waals surface area contributed by atoms with Gasteiger partial charge in [0.15, 0.2) is 5.16 Å². The Morgan fingerprint density at radius 2 is 2.05 bits per heavy atom. The number of thioether (sulfide) groups is 1. The molecule has 0 spiro atoms. The van der Waals surface area contributed by atoms with Gasteiger partial charge in [0.25, 0.3) is 0 Å². The molecular formula is C12H10F2N2O2S. The first-order valence-corrected chi connectivity index (χ1v) is 6.32. The van der Waals surface area contributed by atoms with Crippen LogP contribution in [0.5, 0.6) is 0 Å². The topological polar surface area (TPSA) is 55.1 Å². The van der Waals surface area contributed by atoms with Gasteiger partial charge >= 0.3 is 5.97 Å². The fourth-order valence-corrected chi connectivity index (χ4v) is 2.36. The van der Waals surface area contributed by atoms with Crippen molar-refractivity contribution in [2.24, 2.45) is 0 Å². The molecule has 4 nitrogen and oxygen atoms in total. The smallest absolute Gasteiger partial charge is 0.313 e. The first-order valence-electron chi connectivity index (χ1n) is 5.34. The van der Waals surface area contributed by atoms with Crippen LogP contribution in [0.2, 0.25) is 0 Å². The van der Waals surface area contributed by atoms with Gasteiger partial charge in [0.2, 0.25) is 0 Å². The Bertz CT molecular complexity index is 608. The van der Waals surface area contributed by atoms with E-state index in [1.165, 1.54) is 16.8 Å². The molecule has 0 fully saturated rings. The molecule has 0 aliphatic heterocycles. The van der Waals surface area contributed by atoms with Crippen molar-refractivity contribution in [3.8, 4) is 5.69 Å². The molecule has 0 unspecified atom stereocenters. The number of aliphatic carboxylic acids is 1. The number of para-hydroxylation sites is 1. The fourth-order valence-electron chi connectivity index (χ4n) is 1.62. The van der Waals surface area contributed by atoms with Crippen molar-refractivity contribution in [3.63, 3.8) is 0 Å². The lowest BCUT2D eigenvalue weighted by molar-refractivity contribution is -0.133. The van der Waals surface area contributed by atoms with E-state index in [-0.39, 0.29) is 16.6 Å². The minimum absolute atomic E-state index is 0.230. The first-order chi connectivity index (χ1) is 9.00. The van der Waals surface area contributed by atoms with Crippen LogP contribution in [-0.2, 0) is 4.79 Å². The normalized spacial score (nSPS) is 10.7. The lowest BCUT2D eigenvalue weighted by Gasteiger charge is -2.11. The number of carboxylic acid groups (broad SMARTS) is 1. The lowest BCUT2D eigenvalue weighted by Crippen LogP contribution is -2.06. The molecule has 100 valence electrons. The summed E-state index contributed by atoms with van der Waals surface area (Å²) in [5.41, 5.74) is 0.280. The second-order valence-electron chi connectivity index (χ2n) is 3.77. The van der Waals surface area contributed by atoms with Gasteiger partial charge in [-0.3, -0.25) is 9.36 Å². The summed E-state index contributed by atoms with van der Waals surface area (Å²) < 4.78 is 28.8. The number of aromatic nitrogens is 2. The maximum absolute atomic E-state index is 13.8. The zero-order chi connectivity index (χ0) is 14.0. The highest BCUT2D eigenvalue weighted by molar-refractivity contribution is 7.99. The Labute approximate surface area is 112 Å². The molecule has 0 aliphatic rings. The summed E-state index contributed by atoms with van der Waals surface area (Å²) in [4.78, 5) is 14.5. The minimum Gasteiger partial charge on any atom is -0.481 e. The number of rotatable bonds is 4. The van der Waals surface area contributed by atoms with Crippen LogP contribution in [0.4, 0.5) is 8.78 Å². The number of imidazole rings is 1. The third-order valence-electron chi connectivity index (χ3n) is 2.39. The Kier molecular flexibility index (Phi) is 3.84. The van der Waals surface area contributed by atoms with E-state index in [1.807, 2.05) is 0 Å². The van der Waals surface area contributed by atoms with E-state index >= 15 is 0 Å². The van der Waals surface area contributed by atoms with E-state index in [0.717, 1.165) is 23.9 Å². The highest BCUT2D eigenvalue weighted by Crippen LogP contribution is 2.26. The molecular weight excluding hydrogens is 274 g/mol. The van der Waals surface area contributed by atoms with Gasteiger partial charge in [-0.1, -0.05) is 17.8 Å². The summed E-state index contributed by atoms with van der Waals surface area (Å²) in [7, 11) is 0. The number of hydrogen-bond donors (Lipinski definition) is 1. The van der Waals surface area contributed by atoms with E-state index in [2.05, 4.69) is 4.98 Å². The van der Waals surface area contributed by atoms with Crippen molar-refractivity contribution in [1.82, 2.24) is 9.55 Å². The van der Waals surface area contributed by atoms with Gasteiger partial charge in [-0.2, -0.15) is 0 Å². The number of benzene rings is 1. The third-order valence-corrected chi connectivity index (χ3v) is 3.33. The molecule has 7 heteroatoms. The standard InChI is InChI=1S/C12H10F2N2O2S/c1-7-5-15-12(19-6-10(17)18)16(7)11-8(13)3-2-4-9(11)14/h2-5H,6H2,1H3,(H,17,18). The number of aryl methyl sites for hydroxylation is 1. The molecule has 2 aromatic rings. The maximum atomic E-state index is 13.8. The van der Waals surface area contributed by atoms with E-state index < -0.39 is 17.6 Å². The van der Waals surface area contributed by atoms with Gasteiger partial charge in [-0.25, -0.2) is 13.8 Å². The van der Waals surface area contributed by atoms with Crippen molar-refractivity contribution in [1.29, 1.82) is 0 Å². The Hall–Kier alpha value is -1.89. The van der Waals surface area contributed by atoms with Crippen molar-refractivity contribution in [2.75, 3.05) is 5.75 Å². The number of halogens is 2. The summed E-state index contributed by atoms with van der Waals surface area (Å²) in [5, 5.41) is 8.89. The van der Waals surface area contributed by atoms with Gasteiger partial charge in [-0.15, -0.1) is 0 Å². The van der Waals surface area contributed by atoms with Gasteiger partial charge in [0.1, 0.15) is 17.3 Å². The van der Waals surface area contributed by atoms with Gasteiger partial charge < -0.3 is 5.11 Å². The van der Waals surface area contributed by atoms with E-state index in [9.17, 15) is 13.6 Å². The monoisotopic (exact) mass is 284 g/mol. The number of carboxylic acids is 1. The van der Waals surface area contributed by atoms with Gasteiger partial charge in [0.05, 0.1) is 5.75 Å². The van der Waals surface area contributed by atoms with Crippen LogP contribution in [0.1, 0.15) is 5.69 Å². The van der Waals surface area contributed by atoms with Crippen LogP contribution in [-0.4, -0.2) is 26.4 Å². The SMILES string of the molecule is Cc1cnc(SCC(=O)O)n1-c1c(F)cccc1F. The zero-order valence-electron chi connectivity index (χ0n) is 9.93. The number of carbonyl (C=O) groups is 1. The van der Waals surface area contributed by atoms with Crippen molar-refractivity contribution < 1.29 is 18.7 Å². The lowest BCUT2D eigenvalue weighted by atomic mass is 10.3. The van der Waals surface area contributed by atoms with Crippen molar-refractivity contribution >= 4 is 17.7 Å². The molecule has 0 saturated carbocycles. The molecule has 1 aromatic carbocycles. The van der Waals surface area contributed by atoms with Crippen molar-refractivity contribution in [2.45, 2.75) is 12.1 Å².